The Morgan fingerprint density at radius 3 is 2.50 bits per heavy atom. The highest BCUT2D eigenvalue weighted by Crippen LogP contribution is 2.11. The first kappa shape index (κ1) is 13.0. The van der Waals surface area contributed by atoms with E-state index in [1.165, 1.54) is 0 Å². The number of allylic oxidation sites excluding steroid dienone is 1. The first-order valence-electron chi connectivity index (χ1n) is 3.67. The van der Waals surface area contributed by atoms with Gasteiger partial charge in [-0.1, -0.05) is 25.2 Å². The summed E-state index contributed by atoms with van der Waals surface area (Å²) in [5.41, 5.74) is 3.46. The van der Waals surface area contributed by atoms with Crippen LogP contribution in [0.3, 0.4) is 0 Å². The van der Waals surface area contributed by atoms with Crippen LogP contribution in [0.4, 0.5) is 0 Å². The molecule has 0 amide bonds. The second kappa shape index (κ2) is 7.45. The van der Waals surface area contributed by atoms with Crippen molar-refractivity contribution in [2.75, 3.05) is 5.50 Å². The Bertz CT molecular complexity index is 139. The van der Waals surface area contributed by atoms with Gasteiger partial charge in [0.2, 0.25) is 0 Å². The Morgan fingerprint density at radius 2 is 2.08 bits per heavy atom. The standard InChI is InChI=1S/C7H12Cl3Si2/c1-6(11-7(9)10)3-4-12(2)5-8/h3-4,6-7H,5H2,1-2H3/b4-3+. The molecule has 0 N–H and O–H groups in total. The largest absolute Gasteiger partial charge is 0.130 e. The molecule has 0 saturated carbocycles. The van der Waals surface area contributed by atoms with Crippen molar-refractivity contribution in [1.82, 2.24) is 0 Å². The molecule has 0 heterocycles. The first-order valence-corrected chi connectivity index (χ1v) is 8.51. The minimum absolute atomic E-state index is 0.229. The molecule has 0 nitrogen and oxygen atoms in total. The third-order valence-corrected chi connectivity index (χ3v) is 5.44. The lowest BCUT2D eigenvalue weighted by Crippen LogP contribution is -2.09. The Kier molecular flexibility index (Phi) is 8.10. The van der Waals surface area contributed by atoms with Crippen LogP contribution in [0.2, 0.25) is 12.1 Å². The number of halogens is 3. The molecule has 3 radical (unpaired) electrons. The molecule has 5 heteroatoms. The lowest BCUT2D eigenvalue weighted by molar-refractivity contribution is 1.18. The van der Waals surface area contributed by atoms with Gasteiger partial charge in [-0.15, -0.1) is 34.8 Å². The smallest absolute Gasteiger partial charge is 0.0935 e. The molecular formula is C7H12Cl3Si2. The van der Waals surface area contributed by atoms with Crippen LogP contribution in [0.15, 0.2) is 11.8 Å². The van der Waals surface area contributed by atoms with Crippen molar-refractivity contribution >= 4 is 53.1 Å². The summed E-state index contributed by atoms with van der Waals surface area (Å²) in [7, 11) is 0.124. The van der Waals surface area contributed by atoms with E-state index >= 15 is 0 Å². The van der Waals surface area contributed by atoms with Crippen molar-refractivity contribution in [3.05, 3.63) is 11.8 Å². The van der Waals surface area contributed by atoms with E-state index in [9.17, 15) is 0 Å². The zero-order valence-corrected chi connectivity index (χ0v) is 11.4. The van der Waals surface area contributed by atoms with E-state index in [1.54, 1.807) is 0 Å². The van der Waals surface area contributed by atoms with Gasteiger partial charge in [0.1, 0.15) is 0 Å². The lowest BCUT2D eigenvalue weighted by atomic mass is 10.5. The van der Waals surface area contributed by atoms with Gasteiger partial charge in [0.05, 0.1) is 22.8 Å². The average Bonchev–Trinajstić information content (AvgIpc) is 1.99. The second-order valence-electron chi connectivity index (χ2n) is 2.60. The van der Waals surface area contributed by atoms with Gasteiger partial charge in [-0.2, -0.15) is 0 Å². The van der Waals surface area contributed by atoms with E-state index in [0.717, 1.165) is 5.50 Å². The lowest BCUT2D eigenvalue weighted by Gasteiger charge is -2.05. The minimum atomic E-state index is -0.456. The van der Waals surface area contributed by atoms with Crippen LogP contribution in [0, 0.1) is 0 Å². The van der Waals surface area contributed by atoms with Crippen molar-refractivity contribution in [3.63, 3.8) is 0 Å². The number of rotatable bonds is 5. The van der Waals surface area contributed by atoms with Crippen LogP contribution in [0.25, 0.3) is 0 Å². The van der Waals surface area contributed by atoms with E-state index in [0.29, 0.717) is 15.1 Å². The molecule has 69 valence electrons. The van der Waals surface area contributed by atoms with Gasteiger partial charge in [-0.05, 0) is 5.54 Å². The van der Waals surface area contributed by atoms with Crippen LogP contribution < -0.4 is 0 Å². The number of hydrogen-bond donors (Lipinski definition) is 0. The highest BCUT2D eigenvalue weighted by molar-refractivity contribution is 6.71. The highest BCUT2D eigenvalue weighted by atomic mass is 35.5. The summed E-state index contributed by atoms with van der Waals surface area (Å²) in [5, 5.41) is 0. The minimum Gasteiger partial charge on any atom is -0.130 e. The molecule has 0 rings (SSSR count). The van der Waals surface area contributed by atoms with Crippen molar-refractivity contribution < 1.29 is 0 Å². The van der Waals surface area contributed by atoms with Crippen molar-refractivity contribution in [1.29, 1.82) is 0 Å². The predicted molar refractivity (Wildman–Crippen MR) is 62.2 cm³/mol. The van der Waals surface area contributed by atoms with Crippen molar-refractivity contribution in [2.45, 2.75) is 23.5 Å². The quantitative estimate of drug-likeness (QED) is 0.525. The van der Waals surface area contributed by atoms with Gasteiger partial charge in [-0.3, -0.25) is 0 Å². The maximum atomic E-state index is 5.69. The molecule has 0 aliphatic rings. The number of alkyl halides is 3. The van der Waals surface area contributed by atoms with Gasteiger partial charge >= 0.3 is 0 Å². The first-order chi connectivity index (χ1) is 5.56. The highest BCUT2D eigenvalue weighted by Gasteiger charge is 2.06. The second-order valence-corrected chi connectivity index (χ2v) is 9.34. The van der Waals surface area contributed by atoms with Crippen molar-refractivity contribution in [2.24, 2.45) is 0 Å². The molecule has 1 atom stereocenters. The summed E-state index contributed by atoms with van der Waals surface area (Å²) in [4.78, 5) is 0. The molecule has 0 fully saturated rings. The molecule has 0 bridgehead atoms. The fraction of sp³-hybridized carbons (Fsp3) is 0.714. The van der Waals surface area contributed by atoms with E-state index in [-0.39, 0.29) is 4.46 Å². The molecule has 0 aliphatic heterocycles. The summed E-state index contributed by atoms with van der Waals surface area (Å²) in [5.74, 6) is 0. The Morgan fingerprint density at radius 1 is 1.50 bits per heavy atom. The fourth-order valence-corrected chi connectivity index (χ4v) is 3.57. The van der Waals surface area contributed by atoms with Crippen molar-refractivity contribution in [3.8, 4) is 0 Å². The monoisotopic (exact) mass is 257 g/mol. The normalized spacial score (nSPS) is 14.9. The maximum absolute atomic E-state index is 5.69. The van der Waals surface area contributed by atoms with E-state index < -0.39 is 8.80 Å². The Balaban J connectivity index is 3.67. The average molecular weight is 259 g/mol. The van der Waals surface area contributed by atoms with Gasteiger partial charge in [0, 0.05) is 5.50 Å². The fourth-order valence-electron chi connectivity index (χ4n) is 0.607. The van der Waals surface area contributed by atoms with Crippen LogP contribution in [-0.4, -0.2) is 28.3 Å². The third kappa shape index (κ3) is 7.68. The summed E-state index contributed by atoms with van der Waals surface area (Å²) in [6, 6.07) is 0. The summed E-state index contributed by atoms with van der Waals surface area (Å²) < 4.78 is -0.229. The Labute approximate surface area is 93.7 Å². The molecule has 1 unspecified atom stereocenters. The molecular weight excluding hydrogens is 247 g/mol. The summed E-state index contributed by atoms with van der Waals surface area (Å²) >= 11 is 17.0. The van der Waals surface area contributed by atoms with Crippen LogP contribution in [-0.2, 0) is 0 Å². The van der Waals surface area contributed by atoms with E-state index in [4.69, 9.17) is 34.8 Å². The zero-order valence-electron chi connectivity index (χ0n) is 7.15. The predicted octanol–water partition coefficient (Wildman–Crippen LogP) is 3.26. The SMILES string of the molecule is CC(/C=C/[Si](C)CCl)[Si]C(Cl)Cl. The summed E-state index contributed by atoms with van der Waals surface area (Å²) in [6.45, 7) is 4.30. The molecule has 12 heavy (non-hydrogen) atoms. The third-order valence-electron chi connectivity index (χ3n) is 1.27. The topological polar surface area (TPSA) is 0 Å². The molecule has 0 aromatic carbocycles. The molecule has 0 aromatic heterocycles. The van der Waals surface area contributed by atoms with Crippen LogP contribution in [0.5, 0.6) is 0 Å². The zero-order chi connectivity index (χ0) is 9.56. The number of hydrogen-bond acceptors (Lipinski definition) is 0. The molecule has 0 saturated heterocycles. The van der Waals surface area contributed by atoms with Crippen LogP contribution in [0.1, 0.15) is 6.92 Å². The van der Waals surface area contributed by atoms with E-state index in [1.807, 2.05) is 0 Å². The van der Waals surface area contributed by atoms with Gasteiger partial charge in [-0.25, -0.2) is 0 Å². The van der Waals surface area contributed by atoms with E-state index in [2.05, 4.69) is 25.2 Å². The Hall–Kier alpha value is 1.04. The molecule has 0 spiro atoms. The van der Waals surface area contributed by atoms with Gasteiger partial charge in [0.15, 0.2) is 0 Å². The van der Waals surface area contributed by atoms with Gasteiger partial charge < -0.3 is 0 Å². The van der Waals surface area contributed by atoms with Crippen LogP contribution >= 0.6 is 34.8 Å². The van der Waals surface area contributed by atoms with Gasteiger partial charge in [0.25, 0.3) is 0 Å². The molecule has 0 aliphatic carbocycles. The molecule has 0 aromatic rings. The maximum Gasteiger partial charge on any atom is 0.0935 e. The summed E-state index contributed by atoms with van der Waals surface area (Å²) in [6.07, 6.45) is 2.17.